The number of thiophene rings is 1. The zero-order valence-corrected chi connectivity index (χ0v) is 12.7. The van der Waals surface area contributed by atoms with Gasteiger partial charge in [0.25, 0.3) is 5.91 Å². The summed E-state index contributed by atoms with van der Waals surface area (Å²) in [6.07, 6.45) is 3.24. The lowest BCUT2D eigenvalue weighted by atomic mass is 10.2. The fourth-order valence-corrected chi connectivity index (χ4v) is 2.88. The maximum atomic E-state index is 12.1. The summed E-state index contributed by atoms with van der Waals surface area (Å²) in [6.45, 7) is 0.207. The van der Waals surface area contributed by atoms with Gasteiger partial charge in [0, 0.05) is 35.1 Å². The summed E-state index contributed by atoms with van der Waals surface area (Å²) >= 11 is 1.47. The van der Waals surface area contributed by atoms with Crippen LogP contribution in [0.5, 0.6) is 0 Å². The van der Waals surface area contributed by atoms with Crippen molar-refractivity contribution in [2.75, 3.05) is 6.54 Å². The molecule has 2 N–H and O–H groups in total. The molecule has 112 valence electrons. The average molecular weight is 312 g/mol. The lowest BCUT2D eigenvalue weighted by Crippen LogP contribution is -2.28. The molecule has 22 heavy (non-hydrogen) atoms. The molecule has 1 atom stereocenters. The molecule has 2 heterocycles. The van der Waals surface area contributed by atoms with Gasteiger partial charge in [-0.1, -0.05) is 6.07 Å². The lowest BCUT2D eigenvalue weighted by Gasteiger charge is -2.10. The maximum absolute atomic E-state index is 12.1. The summed E-state index contributed by atoms with van der Waals surface area (Å²) in [7, 11) is 0. The minimum Gasteiger partial charge on any atom is -0.386 e. The molecule has 0 aliphatic rings. The van der Waals surface area contributed by atoms with Gasteiger partial charge in [0.15, 0.2) is 0 Å². The van der Waals surface area contributed by atoms with Crippen molar-refractivity contribution < 1.29 is 9.90 Å². The summed E-state index contributed by atoms with van der Waals surface area (Å²) < 4.78 is 1.97. The lowest BCUT2D eigenvalue weighted by molar-refractivity contribution is 0.0918. The average Bonchev–Trinajstić information content (AvgIpc) is 3.25. The molecule has 0 saturated heterocycles. The number of nitrogens with zero attached hydrogens (tertiary/aromatic N) is 1. The van der Waals surface area contributed by atoms with Gasteiger partial charge in [0.2, 0.25) is 0 Å². The second-order valence-electron chi connectivity index (χ2n) is 4.88. The topological polar surface area (TPSA) is 54.3 Å². The fraction of sp³-hybridized carbons (Fsp3) is 0.118. The predicted molar refractivity (Wildman–Crippen MR) is 87.4 cm³/mol. The van der Waals surface area contributed by atoms with E-state index in [4.69, 9.17) is 0 Å². The van der Waals surface area contributed by atoms with Gasteiger partial charge in [-0.3, -0.25) is 4.79 Å². The van der Waals surface area contributed by atoms with Crippen molar-refractivity contribution in [2.45, 2.75) is 6.10 Å². The highest BCUT2D eigenvalue weighted by Crippen LogP contribution is 2.18. The van der Waals surface area contributed by atoms with Gasteiger partial charge in [-0.25, -0.2) is 0 Å². The number of hydrogen-bond donors (Lipinski definition) is 2. The summed E-state index contributed by atoms with van der Waals surface area (Å²) in [4.78, 5) is 12.9. The van der Waals surface area contributed by atoms with E-state index in [1.807, 2.05) is 58.7 Å². The van der Waals surface area contributed by atoms with Gasteiger partial charge < -0.3 is 15.0 Å². The molecule has 0 fully saturated rings. The number of aromatic nitrogens is 1. The Bertz CT molecular complexity index is 719. The van der Waals surface area contributed by atoms with Crippen molar-refractivity contribution in [3.05, 3.63) is 76.7 Å². The third-order valence-corrected chi connectivity index (χ3v) is 4.33. The molecule has 0 spiro atoms. The Labute approximate surface area is 132 Å². The minimum absolute atomic E-state index is 0.185. The Kier molecular flexibility index (Phi) is 4.37. The molecule has 3 rings (SSSR count). The number of benzene rings is 1. The first-order valence-corrected chi connectivity index (χ1v) is 7.85. The van der Waals surface area contributed by atoms with Crippen molar-refractivity contribution in [1.29, 1.82) is 0 Å². The molecule has 0 aliphatic heterocycles. The van der Waals surface area contributed by atoms with E-state index in [1.165, 1.54) is 11.3 Å². The maximum Gasteiger partial charge on any atom is 0.251 e. The monoisotopic (exact) mass is 312 g/mol. The number of rotatable bonds is 5. The Morgan fingerprint density at radius 2 is 1.86 bits per heavy atom. The van der Waals surface area contributed by atoms with Crippen molar-refractivity contribution in [3.63, 3.8) is 0 Å². The van der Waals surface area contributed by atoms with E-state index in [0.717, 1.165) is 10.6 Å². The van der Waals surface area contributed by atoms with Crippen LogP contribution in [0.25, 0.3) is 5.69 Å². The van der Waals surface area contributed by atoms with Crippen LogP contribution >= 0.6 is 11.3 Å². The van der Waals surface area contributed by atoms with Crippen LogP contribution in [0.4, 0.5) is 0 Å². The SMILES string of the molecule is O=C(NCC(O)c1cccs1)c1ccc(-n2cccc2)cc1. The number of nitrogens with one attached hydrogen (secondary N) is 1. The standard InChI is InChI=1S/C17H16N2O2S/c20-15(16-4-3-11-22-16)12-18-17(21)13-5-7-14(8-6-13)19-9-1-2-10-19/h1-11,15,20H,12H2,(H,18,21). The highest BCUT2D eigenvalue weighted by Gasteiger charge is 2.11. The van der Waals surface area contributed by atoms with Gasteiger partial charge in [-0.15, -0.1) is 11.3 Å². The molecule has 5 heteroatoms. The van der Waals surface area contributed by atoms with Gasteiger partial charge in [0.1, 0.15) is 6.10 Å². The first-order chi connectivity index (χ1) is 10.7. The van der Waals surface area contributed by atoms with Crippen LogP contribution in [-0.4, -0.2) is 22.1 Å². The third kappa shape index (κ3) is 3.27. The van der Waals surface area contributed by atoms with Crippen molar-refractivity contribution in [3.8, 4) is 5.69 Å². The normalized spacial score (nSPS) is 12.0. The van der Waals surface area contributed by atoms with Crippen LogP contribution in [0.15, 0.2) is 66.3 Å². The van der Waals surface area contributed by atoms with Crippen LogP contribution in [0.3, 0.4) is 0 Å². The smallest absolute Gasteiger partial charge is 0.251 e. The first kappa shape index (κ1) is 14.6. The number of carbonyl (C=O) groups excluding carboxylic acids is 1. The minimum atomic E-state index is -0.664. The second kappa shape index (κ2) is 6.60. The molecular weight excluding hydrogens is 296 g/mol. The molecule has 1 amide bonds. The predicted octanol–water partition coefficient (Wildman–Crippen LogP) is 3.00. The van der Waals surface area contributed by atoms with E-state index in [9.17, 15) is 9.90 Å². The largest absolute Gasteiger partial charge is 0.386 e. The fourth-order valence-electron chi connectivity index (χ4n) is 2.16. The Morgan fingerprint density at radius 3 is 2.50 bits per heavy atom. The van der Waals surface area contributed by atoms with Crippen LogP contribution in [0.1, 0.15) is 21.3 Å². The summed E-state index contributed by atoms with van der Waals surface area (Å²) in [5.74, 6) is -0.185. The number of hydrogen-bond acceptors (Lipinski definition) is 3. The van der Waals surface area contributed by atoms with Gasteiger partial charge in [0.05, 0.1) is 0 Å². The van der Waals surface area contributed by atoms with E-state index in [1.54, 1.807) is 12.1 Å². The van der Waals surface area contributed by atoms with Gasteiger partial charge in [-0.2, -0.15) is 0 Å². The highest BCUT2D eigenvalue weighted by molar-refractivity contribution is 7.10. The quantitative estimate of drug-likeness (QED) is 0.761. The molecule has 0 radical (unpaired) electrons. The Balaban J connectivity index is 1.60. The van der Waals surface area contributed by atoms with Crippen LogP contribution < -0.4 is 5.32 Å². The molecule has 1 unspecified atom stereocenters. The third-order valence-electron chi connectivity index (χ3n) is 3.36. The molecular formula is C17H16N2O2S. The van der Waals surface area contributed by atoms with Gasteiger partial charge >= 0.3 is 0 Å². The molecule has 1 aromatic carbocycles. The second-order valence-corrected chi connectivity index (χ2v) is 5.86. The molecule has 3 aromatic rings. The van der Waals surface area contributed by atoms with Crippen LogP contribution in [0.2, 0.25) is 0 Å². The molecule has 4 nitrogen and oxygen atoms in total. The zero-order chi connectivity index (χ0) is 15.4. The Morgan fingerprint density at radius 1 is 1.14 bits per heavy atom. The van der Waals surface area contributed by atoms with E-state index >= 15 is 0 Å². The van der Waals surface area contributed by atoms with Crippen LogP contribution in [0, 0.1) is 0 Å². The molecule has 0 saturated carbocycles. The number of aliphatic hydroxyl groups is 1. The number of aliphatic hydroxyl groups excluding tert-OH is 1. The van der Waals surface area contributed by atoms with E-state index in [-0.39, 0.29) is 12.5 Å². The van der Waals surface area contributed by atoms with E-state index in [2.05, 4.69) is 5.32 Å². The summed E-state index contributed by atoms with van der Waals surface area (Å²) in [5, 5.41) is 14.6. The van der Waals surface area contributed by atoms with Crippen molar-refractivity contribution >= 4 is 17.2 Å². The highest BCUT2D eigenvalue weighted by atomic mass is 32.1. The van der Waals surface area contributed by atoms with E-state index in [0.29, 0.717) is 5.56 Å². The zero-order valence-electron chi connectivity index (χ0n) is 11.8. The molecule has 2 aromatic heterocycles. The Hall–Kier alpha value is -2.37. The van der Waals surface area contributed by atoms with Crippen molar-refractivity contribution in [1.82, 2.24) is 9.88 Å². The number of carbonyl (C=O) groups is 1. The number of amides is 1. The summed E-state index contributed by atoms with van der Waals surface area (Å²) in [6, 6.07) is 15.0. The van der Waals surface area contributed by atoms with Gasteiger partial charge in [-0.05, 0) is 47.8 Å². The molecule has 0 bridgehead atoms. The molecule has 0 aliphatic carbocycles. The summed E-state index contributed by atoms with van der Waals surface area (Å²) in [5.41, 5.74) is 1.58. The first-order valence-electron chi connectivity index (χ1n) is 6.97. The van der Waals surface area contributed by atoms with Crippen molar-refractivity contribution in [2.24, 2.45) is 0 Å². The van der Waals surface area contributed by atoms with Crippen LogP contribution in [-0.2, 0) is 0 Å². The van der Waals surface area contributed by atoms with E-state index < -0.39 is 6.10 Å².